The maximum absolute atomic E-state index is 13.1. The molecular formula is C90H101N27O7S. The molecule has 35 heteroatoms. The van der Waals surface area contributed by atoms with Crippen LogP contribution < -0.4 is 37.9 Å². The van der Waals surface area contributed by atoms with Gasteiger partial charge >= 0.3 is 0 Å². The van der Waals surface area contributed by atoms with E-state index in [1.165, 1.54) is 76.0 Å². The summed E-state index contributed by atoms with van der Waals surface area (Å²) in [6.45, 7) is 11.7. The average molecular weight is 1710 g/mol. The predicted octanol–water partition coefficient (Wildman–Crippen LogP) is 10.7. The fourth-order valence-corrected chi connectivity index (χ4v) is 16.6. The standard InChI is InChI=1S/C31H35N9O3.C31H35N9O2.C28H31N9O2S/c1-19-10-12-33-25(15-19)36-31(42)23-9-6-20(16-24(23)43-3)28-27-29(32)34-18-35-30(27)40(37-28)22-11-14-39(17-22)26(41)5-4-13-38(2)21-7-8-21;1-3-20-12-14-33-25(17-20)36-31(42)22-8-6-21(7-9-22)28-27-29(32)34-19-35-30(27)40(37-28)24-13-16-39(18-24)26(41)5-4-15-38(2)23-10-11-23;1-17-14-30-28(40-17)33-27(39)19-7-5-18(6-8-19)24-23-25(29)31-16-32-26(23)37(34-24)21-11-13-36(15-21)22(38)4-3-12-35(2)20-9-10-20/h4-6,9-10,12,15-16,18,21-22H,7-8,11,13-14,17H2,1-3H3,(H2,32,34,35)(H,33,36,42);4-9,12,14,17,19,23-24H,3,10-11,13,15-16,18H2,1-2H3,(H2,32,34,35)(H,33,36,42);3-8,14,16,20-21H,9-13,15H2,1-2H3,(H2,29,31,32)(H,30,33,39)/b2*5-4+;4-3+. The van der Waals surface area contributed by atoms with Gasteiger partial charge in [-0.05, 0) is 171 Å². The molecule has 0 radical (unpaired) electrons. The summed E-state index contributed by atoms with van der Waals surface area (Å²) < 4.78 is 11.2. The molecule has 3 aliphatic carbocycles. The molecule has 18 rings (SSSR count). The van der Waals surface area contributed by atoms with Crippen molar-refractivity contribution in [3.63, 3.8) is 0 Å². The van der Waals surface area contributed by atoms with Gasteiger partial charge in [-0.2, -0.15) is 15.3 Å². The number of thiazole rings is 1. The molecule has 125 heavy (non-hydrogen) atoms. The minimum atomic E-state index is -0.344. The first kappa shape index (κ1) is 84.9. The molecule has 0 spiro atoms. The van der Waals surface area contributed by atoms with Crippen LogP contribution in [0.3, 0.4) is 0 Å². The number of aromatic nitrogens is 15. The molecule has 6 aliphatic rings. The maximum atomic E-state index is 13.1. The van der Waals surface area contributed by atoms with E-state index in [1.54, 1.807) is 85.3 Å². The monoisotopic (exact) mass is 1700 g/mol. The van der Waals surface area contributed by atoms with E-state index in [4.69, 9.17) is 37.2 Å². The van der Waals surface area contributed by atoms with Crippen LogP contribution in [0.2, 0.25) is 0 Å². The number of nitrogens with two attached hydrogens (primary N) is 3. The molecule has 9 N–H and O–H groups in total. The van der Waals surface area contributed by atoms with Gasteiger partial charge in [0.15, 0.2) is 22.1 Å². The number of anilines is 6. The molecule has 644 valence electrons. The first-order valence-electron chi connectivity index (χ1n) is 42.2. The molecule has 9 aromatic heterocycles. The van der Waals surface area contributed by atoms with Crippen LogP contribution in [0.1, 0.15) is 130 Å². The minimum absolute atomic E-state index is 0.00279. The number of likely N-dealkylation sites (tertiary alicyclic amines) is 3. The highest BCUT2D eigenvalue weighted by Gasteiger charge is 2.36. The van der Waals surface area contributed by atoms with E-state index >= 15 is 0 Å². The third-order valence-corrected chi connectivity index (χ3v) is 24.4. The number of methoxy groups -OCH3 is 1. The molecule has 3 atom stereocenters. The number of nitrogens with zero attached hydrogens (tertiary/aromatic N) is 21. The lowest BCUT2D eigenvalue weighted by Gasteiger charge is -2.16. The summed E-state index contributed by atoms with van der Waals surface area (Å²) in [6, 6.07) is 28.9. The predicted molar refractivity (Wildman–Crippen MR) is 480 cm³/mol. The zero-order valence-corrected chi connectivity index (χ0v) is 71.7. The van der Waals surface area contributed by atoms with Gasteiger partial charge in [-0.3, -0.25) is 48.8 Å². The number of amides is 6. The molecule has 34 nitrogen and oxygen atoms in total. The number of carbonyl (C=O) groups excluding carboxylic acids is 6. The Balaban J connectivity index is 0.000000138. The van der Waals surface area contributed by atoms with Crippen LogP contribution in [-0.2, 0) is 20.8 Å². The van der Waals surface area contributed by atoms with Gasteiger partial charge in [-0.25, -0.2) is 58.9 Å². The second kappa shape index (κ2) is 37.6. The highest BCUT2D eigenvalue weighted by atomic mass is 32.1. The van der Waals surface area contributed by atoms with Gasteiger partial charge in [-0.15, -0.1) is 11.3 Å². The Kier molecular flexibility index (Phi) is 25.6. The summed E-state index contributed by atoms with van der Waals surface area (Å²) in [4.78, 5) is 130. The Bertz CT molecular complexity index is 6110. The maximum Gasteiger partial charge on any atom is 0.260 e. The number of nitrogen functional groups attached to an aromatic ring is 3. The number of ether oxygens (including phenoxy) is 1. The van der Waals surface area contributed by atoms with Crippen LogP contribution in [0, 0.1) is 13.8 Å². The fraction of sp³-hybridized carbons (Fsp3) is 0.356. The van der Waals surface area contributed by atoms with Crippen molar-refractivity contribution in [2.45, 2.75) is 121 Å². The van der Waals surface area contributed by atoms with Crippen LogP contribution in [0.4, 0.5) is 34.2 Å². The molecule has 0 bridgehead atoms. The Morgan fingerprint density at radius 3 is 1.27 bits per heavy atom. The molecule has 6 fully saturated rings. The Labute approximate surface area is 726 Å². The van der Waals surface area contributed by atoms with Crippen molar-refractivity contribution in [1.29, 1.82) is 0 Å². The van der Waals surface area contributed by atoms with Crippen molar-refractivity contribution in [3.05, 3.63) is 198 Å². The molecule has 12 aromatic rings. The topological polar surface area (TPSA) is 415 Å². The zero-order valence-electron chi connectivity index (χ0n) is 70.9. The smallest absolute Gasteiger partial charge is 0.260 e. The molecule has 3 aromatic carbocycles. The van der Waals surface area contributed by atoms with Crippen molar-refractivity contribution in [2.24, 2.45) is 0 Å². The summed E-state index contributed by atoms with van der Waals surface area (Å²) in [5, 5.41) is 25.8. The Morgan fingerprint density at radius 1 is 0.472 bits per heavy atom. The van der Waals surface area contributed by atoms with Gasteiger partial charge in [0.2, 0.25) is 17.7 Å². The summed E-state index contributed by atoms with van der Waals surface area (Å²) in [5.74, 6) is 1.51. The molecular weight excluding hydrogens is 1600 g/mol. The van der Waals surface area contributed by atoms with Crippen molar-refractivity contribution in [1.82, 2.24) is 104 Å². The van der Waals surface area contributed by atoms with Crippen LogP contribution in [0.15, 0.2) is 165 Å². The first-order valence-corrected chi connectivity index (χ1v) is 43.0. The van der Waals surface area contributed by atoms with Gasteiger partial charge in [-0.1, -0.05) is 55.5 Å². The molecule has 12 heterocycles. The number of hydrogen-bond acceptors (Lipinski definition) is 26. The third kappa shape index (κ3) is 19.7. The molecule has 6 amide bonds. The lowest BCUT2D eigenvalue weighted by atomic mass is 10.1. The fourth-order valence-electron chi connectivity index (χ4n) is 16.0. The number of benzene rings is 3. The highest BCUT2D eigenvalue weighted by Crippen LogP contribution is 2.40. The van der Waals surface area contributed by atoms with E-state index in [9.17, 15) is 28.8 Å². The van der Waals surface area contributed by atoms with Crippen LogP contribution in [-0.4, -0.2) is 244 Å². The highest BCUT2D eigenvalue weighted by molar-refractivity contribution is 7.15. The number of rotatable bonds is 26. The van der Waals surface area contributed by atoms with Gasteiger partial charge in [0.25, 0.3) is 17.7 Å². The summed E-state index contributed by atoms with van der Waals surface area (Å²) in [7, 11) is 7.79. The summed E-state index contributed by atoms with van der Waals surface area (Å²) in [5.41, 5.74) is 28.4. The summed E-state index contributed by atoms with van der Waals surface area (Å²) in [6.07, 6.45) is 30.8. The number of fused-ring (bicyclic) bond motifs is 3. The third-order valence-electron chi connectivity index (χ3n) is 23.5. The SMILES string of the molecule is CCc1ccnc(NC(=O)c2ccc(-c3nn(C4CCN(C(=O)/C=C/CN(C)C5CC5)C4)c4ncnc(N)c34)cc2)c1.COc1cc(-c2nn(C3CCN(C(=O)/C=C/CN(C)C4CC4)C3)c3ncnc(N)c23)ccc1C(=O)Nc1cc(C)ccn1.Cc1cnc(NC(=O)c2ccc(-c3nn(C4CCN(C(=O)/C=C/CN(C)C5CC5)C4)c4ncnc(N)c34)cc2)s1. The van der Waals surface area contributed by atoms with Crippen LogP contribution in [0.25, 0.3) is 66.9 Å². The summed E-state index contributed by atoms with van der Waals surface area (Å²) >= 11 is 1.42. The van der Waals surface area contributed by atoms with Gasteiger partial charge in [0.05, 0.1) is 47.0 Å². The molecule has 3 aliphatic heterocycles. The van der Waals surface area contributed by atoms with E-state index in [0.717, 1.165) is 72.4 Å². The van der Waals surface area contributed by atoms with Gasteiger partial charge < -0.3 is 47.3 Å². The normalized spacial score (nSPS) is 17.1. The van der Waals surface area contributed by atoms with E-state index in [2.05, 4.69) is 104 Å². The molecule has 3 unspecified atom stereocenters. The molecule has 3 saturated heterocycles. The number of aryl methyl sites for hydroxylation is 3. The van der Waals surface area contributed by atoms with Crippen molar-refractivity contribution in [2.75, 3.05) is 120 Å². The van der Waals surface area contributed by atoms with E-state index < -0.39 is 0 Å². The number of nitrogens with one attached hydrogen (secondary N) is 3. The second-order valence-electron chi connectivity index (χ2n) is 32.5. The lowest BCUT2D eigenvalue weighted by molar-refractivity contribution is -0.125. The second-order valence-corrected chi connectivity index (χ2v) is 33.7. The minimum Gasteiger partial charge on any atom is -0.496 e. The van der Waals surface area contributed by atoms with E-state index in [0.29, 0.717) is 170 Å². The van der Waals surface area contributed by atoms with Crippen molar-refractivity contribution < 1.29 is 33.5 Å². The number of likely N-dealkylation sites (N-methyl/N-ethyl adjacent to an activating group) is 3. The van der Waals surface area contributed by atoms with E-state index in [-0.39, 0.29) is 53.6 Å². The van der Waals surface area contributed by atoms with E-state index in [1.807, 2.05) is 103 Å². The first-order chi connectivity index (χ1) is 60.6. The Hall–Kier alpha value is -13.6. The zero-order chi connectivity index (χ0) is 87.1. The number of hydrogen-bond donors (Lipinski definition) is 6. The quantitative estimate of drug-likeness (QED) is 0.0274. The van der Waals surface area contributed by atoms with Crippen molar-refractivity contribution >= 4 is 114 Å². The average Bonchev–Trinajstić information content (AvgIpc) is 1.61. The largest absolute Gasteiger partial charge is 0.496 e. The van der Waals surface area contributed by atoms with Crippen LogP contribution in [0.5, 0.6) is 5.75 Å². The lowest BCUT2D eigenvalue weighted by Crippen LogP contribution is -2.28. The van der Waals surface area contributed by atoms with Gasteiger partial charge in [0.1, 0.15) is 70.9 Å². The number of carbonyl (C=O) groups is 6. The van der Waals surface area contributed by atoms with Crippen LogP contribution >= 0.6 is 11.3 Å². The van der Waals surface area contributed by atoms with Gasteiger partial charge in [0, 0.05) is 147 Å². The molecule has 3 saturated carbocycles. The Morgan fingerprint density at radius 2 is 0.872 bits per heavy atom. The van der Waals surface area contributed by atoms with Crippen molar-refractivity contribution in [3.8, 4) is 39.5 Å². The number of pyridine rings is 2.